The lowest BCUT2D eigenvalue weighted by Crippen LogP contribution is -2.12. The van der Waals surface area contributed by atoms with Crippen LogP contribution in [-0.2, 0) is 10.5 Å². The Morgan fingerprint density at radius 3 is 2.20 bits per heavy atom. The highest BCUT2D eigenvalue weighted by molar-refractivity contribution is 7.61. The first-order chi connectivity index (χ1) is 6.63. The van der Waals surface area contributed by atoms with Gasteiger partial charge in [-0.1, -0.05) is 12.6 Å². The van der Waals surface area contributed by atoms with Gasteiger partial charge in [0, 0.05) is 5.56 Å². The molecule has 1 rings (SSSR count). The second kappa shape index (κ2) is 5.76. The fraction of sp³-hybridized carbons (Fsp3) is 0.125. The molecule has 3 N–H and O–H groups in total. The predicted molar refractivity (Wildman–Crippen MR) is 56.7 cm³/mol. The zero-order valence-electron chi connectivity index (χ0n) is 6.95. The van der Waals surface area contributed by atoms with E-state index in [-0.39, 0.29) is 18.9 Å². The third kappa shape index (κ3) is 3.77. The summed E-state index contributed by atoms with van der Waals surface area (Å²) in [5, 5.41) is 11.1. The van der Waals surface area contributed by atoms with Crippen LogP contribution in [0.15, 0.2) is 33.8 Å². The molecule has 0 unspecified atom stereocenters. The van der Waals surface area contributed by atoms with Crippen LogP contribution in [0, 0.1) is 0 Å². The van der Waals surface area contributed by atoms with Gasteiger partial charge in [0.05, 0.1) is 5.69 Å². The lowest BCUT2D eigenvalue weighted by Gasteiger charge is -1.96. The van der Waals surface area contributed by atoms with Crippen molar-refractivity contribution in [1.82, 2.24) is 0 Å². The first-order valence-electron chi connectivity index (χ1n) is 3.52. The Labute approximate surface area is 88.7 Å². The van der Waals surface area contributed by atoms with Crippen LogP contribution in [0.25, 0.3) is 0 Å². The maximum absolute atomic E-state index is 10.2. The van der Waals surface area contributed by atoms with Crippen LogP contribution >= 0.6 is 0 Å². The van der Waals surface area contributed by atoms with Gasteiger partial charge < -0.3 is 10.9 Å². The summed E-state index contributed by atoms with van der Waals surface area (Å²) < 4.78 is 23.6. The highest BCUT2D eigenvalue weighted by atomic mass is 32.2. The molecule has 0 radical (unpaired) electrons. The summed E-state index contributed by atoms with van der Waals surface area (Å²) in [4.78, 5) is 0. The topological polar surface area (TPSA) is 105 Å². The molecule has 0 spiro atoms. The van der Waals surface area contributed by atoms with Crippen LogP contribution in [-0.4, -0.2) is 19.5 Å². The van der Waals surface area contributed by atoms with Gasteiger partial charge in [0.1, 0.15) is 0 Å². The lowest BCUT2D eigenvalue weighted by atomic mass is 10.2. The molecule has 0 aliphatic rings. The van der Waals surface area contributed by atoms with Crippen molar-refractivity contribution in [1.29, 1.82) is 0 Å². The van der Waals surface area contributed by atoms with E-state index in [9.17, 15) is 8.42 Å². The number of benzene rings is 1. The van der Waals surface area contributed by atoms with Gasteiger partial charge in [-0.15, -0.1) is 4.36 Å². The maximum Gasteiger partial charge on any atom is 0.316 e. The van der Waals surface area contributed by atoms with Crippen molar-refractivity contribution >= 4 is 22.0 Å². The van der Waals surface area contributed by atoms with Gasteiger partial charge in [-0.3, -0.25) is 0 Å². The lowest BCUT2D eigenvalue weighted by molar-refractivity contribution is 0.318. The summed E-state index contributed by atoms with van der Waals surface area (Å²) in [6.07, 6.45) is 0. The van der Waals surface area contributed by atoms with Gasteiger partial charge in [-0.2, -0.15) is 8.42 Å². The van der Waals surface area contributed by atoms with E-state index in [1.54, 1.807) is 0 Å². The average Bonchev–Trinajstić information content (AvgIpc) is 2.17. The van der Waals surface area contributed by atoms with Crippen molar-refractivity contribution in [3.05, 3.63) is 29.8 Å². The third-order valence-corrected chi connectivity index (χ3v) is 1.81. The molecule has 1 aromatic rings. The van der Waals surface area contributed by atoms with Gasteiger partial charge in [0.15, 0.2) is 5.84 Å². The number of oxime groups is 1. The molecule has 0 saturated heterocycles. The Hall–Kier alpha value is -1.89. The molecule has 0 aromatic heterocycles. The molecule has 15 heavy (non-hydrogen) atoms. The van der Waals surface area contributed by atoms with Crippen molar-refractivity contribution in [3.8, 4) is 0 Å². The molecule has 1 aromatic carbocycles. The molecular formula is C8H11N3O3S. The van der Waals surface area contributed by atoms with Crippen LogP contribution in [0.3, 0.4) is 0 Å². The summed E-state index contributed by atoms with van der Waals surface area (Å²) in [6, 6.07) is 5.90. The van der Waals surface area contributed by atoms with E-state index in [1.165, 1.54) is 24.3 Å². The van der Waals surface area contributed by atoms with Gasteiger partial charge in [-0.05, 0) is 24.3 Å². The minimum absolute atomic E-state index is 0. The van der Waals surface area contributed by atoms with Crippen molar-refractivity contribution in [3.63, 3.8) is 0 Å². The largest absolute Gasteiger partial charge is 0.409 e. The molecule has 82 valence electrons. The van der Waals surface area contributed by atoms with Crippen LogP contribution in [0.1, 0.15) is 13.0 Å². The molecule has 7 heteroatoms. The molecule has 0 heterocycles. The van der Waals surface area contributed by atoms with Crippen molar-refractivity contribution in [2.45, 2.75) is 7.43 Å². The fourth-order valence-corrected chi connectivity index (χ4v) is 1.13. The normalized spacial score (nSPS) is 10.3. The number of rotatable bonds is 2. The SMILES string of the molecule is C.NC(=NO)c1ccc(N=S(=O)=O)cc1. The first kappa shape index (κ1) is 13.1. The van der Waals surface area contributed by atoms with E-state index in [4.69, 9.17) is 10.9 Å². The zero-order chi connectivity index (χ0) is 10.6. The van der Waals surface area contributed by atoms with Gasteiger partial charge in [0.2, 0.25) is 0 Å². The maximum atomic E-state index is 10.2. The van der Waals surface area contributed by atoms with Gasteiger partial charge in [0.25, 0.3) is 0 Å². The minimum atomic E-state index is -2.47. The Kier molecular flexibility index (Phi) is 5.03. The van der Waals surface area contributed by atoms with Crippen LogP contribution in [0.4, 0.5) is 5.69 Å². The Bertz CT molecular complexity index is 468. The Balaban J connectivity index is 0.00000196. The predicted octanol–water partition coefficient (Wildman–Crippen LogP) is 1.11. The van der Waals surface area contributed by atoms with Crippen molar-refractivity contribution in [2.75, 3.05) is 0 Å². The molecule has 6 nitrogen and oxygen atoms in total. The van der Waals surface area contributed by atoms with Crippen LogP contribution < -0.4 is 5.73 Å². The summed E-state index contributed by atoms with van der Waals surface area (Å²) in [6.45, 7) is 0. The molecule has 0 fully saturated rings. The van der Waals surface area contributed by atoms with E-state index in [0.717, 1.165) is 0 Å². The number of nitrogens with two attached hydrogens (primary N) is 1. The van der Waals surface area contributed by atoms with E-state index in [0.29, 0.717) is 5.56 Å². The minimum Gasteiger partial charge on any atom is -0.409 e. The second-order valence-electron chi connectivity index (χ2n) is 2.34. The van der Waals surface area contributed by atoms with E-state index >= 15 is 0 Å². The van der Waals surface area contributed by atoms with Crippen molar-refractivity contribution < 1.29 is 13.6 Å². The number of hydrogen-bond acceptors (Lipinski definition) is 5. The number of hydrogen-bond donors (Lipinski definition) is 2. The number of nitrogens with zero attached hydrogens (tertiary/aromatic N) is 2. The molecular weight excluding hydrogens is 218 g/mol. The molecule has 0 bridgehead atoms. The quantitative estimate of drug-likeness (QED) is 0.343. The summed E-state index contributed by atoms with van der Waals surface area (Å²) in [5.41, 5.74) is 6.07. The van der Waals surface area contributed by atoms with Crippen molar-refractivity contribution in [2.24, 2.45) is 15.3 Å². The standard InChI is InChI=1S/C7H7N3O3S.CH4/c8-7(9-11)5-1-3-6(4-2-5)10-14(12)13;/h1-4,11H,(H2,8,9);1H4. The highest BCUT2D eigenvalue weighted by Crippen LogP contribution is 2.12. The zero-order valence-corrected chi connectivity index (χ0v) is 7.77. The van der Waals surface area contributed by atoms with Crippen LogP contribution in [0.5, 0.6) is 0 Å². The molecule has 0 atom stereocenters. The van der Waals surface area contributed by atoms with E-state index < -0.39 is 10.5 Å². The van der Waals surface area contributed by atoms with Crippen LogP contribution in [0.2, 0.25) is 0 Å². The summed E-state index contributed by atoms with van der Waals surface area (Å²) in [7, 11) is -2.47. The molecule has 0 amide bonds. The molecule has 0 aliphatic heterocycles. The average molecular weight is 229 g/mol. The highest BCUT2D eigenvalue weighted by Gasteiger charge is 1.97. The Morgan fingerprint density at radius 2 is 1.80 bits per heavy atom. The van der Waals surface area contributed by atoms with E-state index in [2.05, 4.69) is 9.52 Å². The summed E-state index contributed by atoms with van der Waals surface area (Å²) >= 11 is 0. The fourth-order valence-electron chi connectivity index (χ4n) is 0.837. The Morgan fingerprint density at radius 1 is 1.27 bits per heavy atom. The van der Waals surface area contributed by atoms with E-state index in [1.807, 2.05) is 0 Å². The van der Waals surface area contributed by atoms with Gasteiger partial charge >= 0.3 is 10.5 Å². The molecule has 0 aliphatic carbocycles. The third-order valence-electron chi connectivity index (χ3n) is 1.45. The second-order valence-corrected chi connectivity index (χ2v) is 2.96. The smallest absolute Gasteiger partial charge is 0.316 e. The monoisotopic (exact) mass is 229 g/mol. The summed E-state index contributed by atoms with van der Waals surface area (Å²) in [5.74, 6) is -0.0419. The molecule has 0 saturated carbocycles. The first-order valence-corrected chi connectivity index (χ1v) is 4.55. The number of amidine groups is 1. The van der Waals surface area contributed by atoms with Gasteiger partial charge in [-0.25, -0.2) is 0 Å².